The van der Waals surface area contributed by atoms with Gasteiger partial charge in [0, 0.05) is 13.1 Å². The Kier molecular flexibility index (Phi) is 4.59. The largest absolute Gasteiger partial charge is 0.394 e. The van der Waals surface area contributed by atoms with E-state index >= 15 is 0 Å². The van der Waals surface area contributed by atoms with Gasteiger partial charge in [0.15, 0.2) is 0 Å². The molecule has 1 atom stereocenters. The highest BCUT2D eigenvalue weighted by Crippen LogP contribution is 2.02. The Balaban J connectivity index is 2.31. The second-order valence-electron chi connectivity index (χ2n) is 3.46. The van der Waals surface area contributed by atoms with E-state index in [-0.39, 0.29) is 6.61 Å². The van der Waals surface area contributed by atoms with E-state index in [2.05, 4.69) is 11.4 Å². The molecule has 0 amide bonds. The summed E-state index contributed by atoms with van der Waals surface area (Å²) in [5.74, 6) is 0. The highest BCUT2D eigenvalue weighted by Gasteiger charge is 2.00. The molecule has 1 aromatic carbocycles. The molecule has 3 heteroatoms. The van der Waals surface area contributed by atoms with Gasteiger partial charge in [0.1, 0.15) is 0 Å². The van der Waals surface area contributed by atoms with E-state index in [0.717, 1.165) is 6.54 Å². The molecule has 0 fully saturated rings. The molecule has 0 spiro atoms. The topological polar surface area (TPSA) is 52.5 Å². The Bertz CT molecular complexity index is 276. The number of rotatable bonds is 5. The van der Waals surface area contributed by atoms with Gasteiger partial charge in [-0.2, -0.15) is 0 Å². The number of hydrogen-bond donors (Lipinski definition) is 3. The predicted octanol–water partition coefficient (Wildman–Crippen LogP) is 0.438. The monoisotopic (exact) mass is 195 g/mol. The zero-order valence-electron chi connectivity index (χ0n) is 8.40. The molecule has 1 rings (SSSR count). The summed E-state index contributed by atoms with van der Waals surface area (Å²) < 4.78 is 0. The van der Waals surface area contributed by atoms with Gasteiger partial charge < -0.3 is 15.5 Å². The smallest absolute Gasteiger partial charge is 0.0895 e. The standard InChI is InChI=1S/C11H17NO2/c1-9-3-2-4-10(5-9)6-12-7-11(14)8-13/h2-5,11-14H,6-8H2,1H3. The van der Waals surface area contributed by atoms with Gasteiger partial charge in [-0.25, -0.2) is 0 Å². The summed E-state index contributed by atoms with van der Waals surface area (Å²) in [5, 5.41) is 20.7. The van der Waals surface area contributed by atoms with Crippen LogP contribution in [-0.4, -0.2) is 29.5 Å². The summed E-state index contributed by atoms with van der Waals surface area (Å²) in [6, 6.07) is 8.19. The lowest BCUT2D eigenvalue weighted by Crippen LogP contribution is -2.28. The van der Waals surface area contributed by atoms with Crippen molar-refractivity contribution in [2.75, 3.05) is 13.2 Å². The molecule has 0 aliphatic heterocycles. The first kappa shape index (κ1) is 11.2. The van der Waals surface area contributed by atoms with E-state index in [1.54, 1.807) is 0 Å². The third-order valence-electron chi connectivity index (χ3n) is 2.00. The number of hydrogen-bond acceptors (Lipinski definition) is 3. The van der Waals surface area contributed by atoms with Crippen LogP contribution in [0.1, 0.15) is 11.1 Å². The molecule has 1 unspecified atom stereocenters. The Hall–Kier alpha value is -0.900. The quantitative estimate of drug-likeness (QED) is 0.639. The van der Waals surface area contributed by atoms with Crippen molar-refractivity contribution in [3.05, 3.63) is 35.4 Å². The van der Waals surface area contributed by atoms with Gasteiger partial charge >= 0.3 is 0 Å². The molecule has 3 N–H and O–H groups in total. The van der Waals surface area contributed by atoms with E-state index < -0.39 is 6.10 Å². The first-order chi connectivity index (χ1) is 6.72. The van der Waals surface area contributed by atoms with Crippen molar-refractivity contribution in [3.8, 4) is 0 Å². The van der Waals surface area contributed by atoms with E-state index in [1.165, 1.54) is 11.1 Å². The fourth-order valence-electron chi connectivity index (χ4n) is 1.27. The molecule has 78 valence electrons. The molecular weight excluding hydrogens is 178 g/mol. The number of aliphatic hydroxyl groups is 2. The SMILES string of the molecule is Cc1cccc(CNCC(O)CO)c1. The van der Waals surface area contributed by atoms with Crippen LogP contribution in [0.2, 0.25) is 0 Å². The van der Waals surface area contributed by atoms with Crippen LogP contribution >= 0.6 is 0 Å². The van der Waals surface area contributed by atoms with Crippen molar-refractivity contribution in [1.82, 2.24) is 5.32 Å². The molecule has 14 heavy (non-hydrogen) atoms. The first-order valence-electron chi connectivity index (χ1n) is 4.77. The van der Waals surface area contributed by atoms with Crippen LogP contribution in [0.5, 0.6) is 0 Å². The van der Waals surface area contributed by atoms with Gasteiger partial charge in [-0.05, 0) is 12.5 Å². The molecule has 0 bridgehead atoms. The predicted molar refractivity (Wildman–Crippen MR) is 56.0 cm³/mol. The number of benzene rings is 1. The van der Waals surface area contributed by atoms with Gasteiger partial charge in [-0.3, -0.25) is 0 Å². The summed E-state index contributed by atoms with van der Waals surface area (Å²) >= 11 is 0. The molecule has 0 saturated carbocycles. The average molecular weight is 195 g/mol. The summed E-state index contributed by atoms with van der Waals surface area (Å²) in [7, 11) is 0. The fourth-order valence-corrected chi connectivity index (χ4v) is 1.27. The minimum absolute atomic E-state index is 0.194. The third-order valence-corrected chi connectivity index (χ3v) is 2.00. The second-order valence-corrected chi connectivity index (χ2v) is 3.46. The molecule has 0 saturated heterocycles. The summed E-state index contributed by atoms with van der Waals surface area (Å²) in [4.78, 5) is 0. The number of aryl methyl sites for hydroxylation is 1. The highest BCUT2D eigenvalue weighted by molar-refractivity contribution is 5.21. The van der Waals surface area contributed by atoms with Gasteiger partial charge in [-0.1, -0.05) is 29.8 Å². The normalized spacial score (nSPS) is 12.8. The summed E-state index contributed by atoms with van der Waals surface area (Å²) in [6.45, 7) is 3.00. The molecule has 0 aliphatic carbocycles. The van der Waals surface area contributed by atoms with Crippen molar-refractivity contribution in [2.24, 2.45) is 0 Å². The van der Waals surface area contributed by atoms with Crippen LogP contribution in [0.25, 0.3) is 0 Å². The van der Waals surface area contributed by atoms with Crippen LogP contribution in [0.4, 0.5) is 0 Å². The maximum atomic E-state index is 9.08. The van der Waals surface area contributed by atoms with Crippen molar-refractivity contribution in [2.45, 2.75) is 19.6 Å². The molecule has 0 aromatic heterocycles. The Morgan fingerprint density at radius 2 is 2.21 bits per heavy atom. The van der Waals surface area contributed by atoms with Crippen molar-refractivity contribution in [1.29, 1.82) is 0 Å². The lowest BCUT2D eigenvalue weighted by Gasteiger charge is -2.09. The molecular formula is C11H17NO2. The molecule has 0 heterocycles. The molecule has 1 aromatic rings. The highest BCUT2D eigenvalue weighted by atomic mass is 16.3. The summed E-state index contributed by atoms with van der Waals surface area (Å²) in [5.41, 5.74) is 2.42. The lowest BCUT2D eigenvalue weighted by atomic mass is 10.1. The van der Waals surface area contributed by atoms with Crippen LogP contribution in [0.3, 0.4) is 0 Å². The van der Waals surface area contributed by atoms with Crippen molar-refractivity contribution < 1.29 is 10.2 Å². The zero-order chi connectivity index (χ0) is 10.4. The first-order valence-corrected chi connectivity index (χ1v) is 4.77. The second kappa shape index (κ2) is 5.75. The van der Waals surface area contributed by atoms with Gasteiger partial charge in [0.05, 0.1) is 12.7 Å². The lowest BCUT2D eigenvalue weighted by molar-refractivity contribution is 0.0942. The van der Waals surface area contributed by atoms with Crippen molar-refractivity contribution >= 4 is 0 Å². The van der Waals surface area contributed by atoms with E-state index in [0.29, 0.717) is 6.54 Å². The number of nitrogens with one attached hydrogen (secondary N) is 1. The third kappa shape index (κ3) is 3.87. The van der Waals surface area contributed by atoms with E-state index in [9.17, 15) is 0 Å². The molecule has 0 aliphatic rings. The Labute approximate surface area is 84.4 Å². The van der Waals surface area contributed by atoms with Crippen LogP contribution in [-0.2, 0) is 6.54 Å². The maximum absolute atomic E-state index is 9.08. The Morgan fingerprint density at radius 3 is 2.86 bits per heavy atom. The average Bonchev–Trinajstić information content (AvgIpc) is 2.17. The zero-order valence-corrected chi connectivity index (χ0v) is 8.40. The van der Waals surface area contributed by atoms with Crippen LogP contribution < -0.4 is 5.32 Å². The van der Waals surface area contributed by atoms with E-state index in [4.69, 9.17) is 10.2 Å². The van der Waals surface area contributed by atoms with E-state index in [1.807, 2.05) is 25.1 Å². The fraction of sp³-hybridized carbons (Fsp3) is 0.455. The summed E-state index contributed by atoms with van der Waals surface area (Å²) in [6.07, 6.45) is -0.667. The Morgan fingerprint density at radius 1 is 1.43 bits per heavy atom. The van der Waals surface area contributed by atoms with Gasteiger partial charge in [-0.15, -0.1) is 0 Å². The maximum Gasteiger partial charge on any atom is 0.0895 e. The van der Waals surface area contributed by atoms with Gasteiger partial charge in [0.25, 0.3) is 0 Å². The molecule has 3 nitrogen and oxygen atoms in total. The minimum Gasteiger partial charge on any atom is -0.394 e. The van der Waals surface area contributed by atoms with Crippen LogP contribution in [0.15, 0.2) is 24.3 Å². The van der Waals surface area contributed by atoms with Gasteiger partial charge in [0.2, 0.25) is 0 Å². The molecule has 0 radical (unpaired) electrons. The minimum atomic E-state index is -0.667. The van der Waals surface area contributed by atoms with Crippen LogP contribution in [0, 0.1) is 6.92 Å². The number of aliphatic hydroxyl groups excluding tert-OH is 2. The van der Waals surface area contributed by atoms with Crippen molar-refractivity contribution in [3.63, 3.8) is 0 Å².